The molecule has 0 unspecified atom stereocenters. The van der Waals surface area contributed by atoms with Crippen LogP contribution in [-0.4, -0.2) is 14.7 Å². The van der Waals surface area contributed by atoms with Crippen molar-refractivity contribution >= 4 is 28.3 Å². The van der Waals surface area contributed by atoms with Gasteiger partial charge in [-0.1, -0.05) is 23.7 Å². The Hall–Kier alpha value is -2.20. The highest BCUT2D eigenvalue weighted by Gasteiger charge is 2.17. The zero-order valence-corrected chi connectivity index (χ0v) is 11.7. The second-order valence-corrected chi connectivity index (χ2v) is 4.94. The summed E-state index contributed by atoms with van der Waals surface area (Å²) < 4.78 is 1.98. The molecule has 0 fully saturated rings. The Bertz CT molecular complexity index is 795. The number of halogens is 1. The number of phenols is 1. The number of aryl methyl sites for hydroxylation is 1. The van der Waals surface area contributed by atoms with Crippen molar-refractivity contribution < 1.29 is 5.11 Å². The van der Waals surface area contributed by atoms with E-state index >= 15 is 0 Å². The maximum atomic E-state index is 10.2. The van der Waals surface area contributed by atoms with Gasteiger partial charge in [-0.2, -0.15) is 0 Å². The van der Waals surface area contributed by atoms with Crippen molar-refractivity contribution in [2.75, 3.05) is 5.73 Å². The topological polar surface area (TPSA) is 64.1 Å². The third kappa shape index (κ3) is 1.80. The quantitative estimate of drug-likeness (QED) is 0.558. The first-order chi connectivity index (χ1) is 9.63. The van der Waals surface area contributed by atoms with Gasteiger partial charge in [0.2, 0.25) is 0 Å². The van der Waals surface area contributed by atoms with E-state index < -0.39 is 0 Å². The summed E-state index contributed by atoms with van der Waals surface area (Å²) in [7, 11) is 0. The molecule has 0 saturated heterocycles. The molecule has 0 spiro atoms. The van der Waals surface area contributed by atoms with Crippen LogP contribution in [-0.2, 0) is 6.54 Å². The average Bonchev–Trinajstić information content (AvgIpc) is 2.81. The van der Waals surface area contributed by atoms with Crippen LogP contribution in [0.15, 0.2) is 36.4 Å². The number of anilines is 1. The molecular weight excluding hydrogens is 274 g/mol. The van der Waals surface area contributed by atoms with E-state index in [9.17, 15) is 5.11 Å². The van der Waals surface area contributed by atoms with Crippen LogP contribution in [0.1, 0.15) is 6.92 Å². The lowest BCUT2D eigenvalue weighted by molar-refractivity contribution is 0.479. The monoisotopic (exact) mass is 287 g/mol. The minimum absolute atomic E-state index is 0.0497. The summed E-state index contributed by atoms with van der Waals surface area (Å²) >= 11 is 6.26. The number of nitrogens with zero attached hydrogens (tertiary/aromatic N) is 2. The smallest absolute Gasteiger partial charge is 0.149 e. The number of fused-ring (bicyclic) bond motifs is 1. The predicted octanol–water partition coefficient (Wildman–Crippen LogP) is 3.66. The minimum atomic E-state index is 0.0497. The van der Waals surface area contributed by atoms with Crippen LogP contribution in [0.4, 0.5) is 5.69 Å². The third-order valence-corrected chi connectivity index (χ3v) is 3.65. The first-order valence-electron chi connectivity index (χ1n) is 6.36. The van der Waals surface area contributed by atoms with E-state index in [1.807, 2.05) is 29.7 Å². The number of nitrogens with two attached hydrogens (primary N) is 1. The molecule has 102 valence electrons. The molecule has 0 atom stereocenters. The van der Waals surface area contributed by atoms with Gasteiger partial charge in [-0.15, -0.1) is 0 Å². The van der Waals surface area contributed by atoms with Crippen LogP contribution in [0.25, 0.3) is 22.4 Å². The molecular formula is C15H14ClN3O. The zero-order chi connectivity index (χ0) is 14.3. The van der Waals surface area contributed by atoms with Crippen LogP contribution in [0.3, 0.4) is 0 Å². The number of imidazole rings is 1. The first-order valence-corrected chi connectivity index (χ1v) is 6.74. The predicted molar refractivity (Wildman–Crippen MR) is 81.9 cm³/mol. The molecule has 3 rings (SSSR count). The number of hydrogen-bond donors (Lipinski definition) is 2. The summed E-state index contributed by atoms with van der Waals surface area (Å²) in [6, 6.07) is 10.9. The highest BCUT2D eigenvalue weighted by atomic mass is 35.5. The Kier molecular flexibility index (Phi) is 3.03. The summed E-state index contributed by atoms with van der Waals surface area (Å²) in [6.45, 7) is 2.71. The van der Waals surface area contributed by atoms with Crippen molar-refractivity contribution in [2.24, 2.45) is 0 Å². The number of phenolic OH excluding ortho intramolecular Hbond substituents is 1. The molecule has 1 aromatic heterocycles. The van der Waals surface area contributed by atoms with E-state index in [-0.39, 0.29) is 5.75 Å². The lowest BCUT2D eigenvalue weighted by Crippen LogP contribution is -1.99. The average molecular weight is 288 g/mol. The van der Waals surface area contributed by atoms with E-state index in [0.717, 1.165) is 11.0 Å². The van der Waals surface area contributed by atoms with E-state index in [1.54, 1.807) is 18.2 Å². The van der Waals surface area contributed by atoms with Gasteiger partial charge < -0.3 is 15.4 Å². The lowest BCUT2D eigenvalue weighted by atomic mass is 10.1. The van der Waals surface area contributed by atoms with Crippen LogP contribution in [0.2, 0.25) is 5.02 Å². The maximum absolute atomic E-state index is 10.2. The molecule has 2 aromatic carbocycles. The van der Waals surface area contributed by atoms with Gasteiger partial charge in [-0.25, -0.2) is 4.98 Å². The number of hydrogen-bond acceptors (Lipinski definition) is 3. The van der Waals surface area contributed by atoms with Crippen molar-refractivity contribution in [1.82, 2.24) is 9.55 Å². The van der Waals surface area contributed by atoms with Gasteiger partial charge in [0.1, 0.15) is 11.6 Å². The molecule has 0 bridgehead atoms. The fourth-order valence-corrected chi connectivity index (χ4v) is 2.67. The number of aromatic hydroxyl groups is 1. The third-order valence-electron chi connectivity index (χ3n) is 3.34. The molecule has 0 aliphatic carbocycles. The SMILES string of the molecule is CCn1c(-c2cccc(N)c2O)nc2cccc(Cl)c21. The Balaban J connectivity index is 2.37. The second-order valence-electron chi connectivity index (χ2n) is 4.53. The molecule has 0 radical (unpaired) electrons. The van der Waals surface area contributed by atoms with Gasteiger partial charge in [0, 0.05) is 6.54 Å². The van der Waals surface area contributed by atoms with Gasteiger partial charge in [-0.05, 0) is 31.2 Å². The number of para-hydroxylation sites is 2. The Labute approximate surface area is 121 Å². The summed E-state index contributed by atoms with van der Waals surface area (Å²) in [5, 5.41) is 10.8. The van der Waals surface area contributed by atoms with Crippen LogP contribution < -0.4 is 5.73 Å². The molecule has 1 heterocycles. The van der Waals surface area contributed by atoms with Crippen molar-refractivity contribution in [2.45, 2.75) is 13.5 Å². The van der Waals surface area contributed by atoms with Crippen LogP contribution >= 0.6 is 11.6 Å². The van der Waals surface area contributed by atoms with Crippen molar-refractivity contribution in [3.63, 3.8) is 0 Å². The van der Waals surface area contributed by atoms with Crippen LogP contribution in [0.5, 0.6) is 5.75 Å². The molecule has 5 heteroatoms. The Morgan fingerprint density at radius 1 is 1.25 bits per heavy atom. The van der Waals surface area contributed by atoms with Gasteiger partial charge in [0.25, 0.3) is 0 Å². The van der Waals surface area contributed by atoms with Gasteiger partial charge >= 0.3 is 0 Å². The van der Waals surface area contributed by atoms with Crippen molar-refractivity contribution in [1.29, 1.82) is 0 Å². The zero-order valence-electron chi connectivity index (χ0n) is 11.0. The van der Waals surface area contributed by atoms with Gasteiger partial charge in [-0.3, -0.25) is 0 Å². The van der Waals surface area contributed by atoms with E-state index in [0.29, 0.717) is 28.6 Å². The molecule has 0 aliphatic heterocycles. The van der Waals surface area contributed by atoms with Crippen molar-refractivity contribution in [3.8, 4) is 17.1 Å². The standard InChI is InChI=1S/C15H14ClN3O/c1-2-19-13-10(16)6-4-8-12(13)18-15(19)9-5-3-7-11(17)14(9)20/h3-8,20H,2,17H2,1H3. The van der Waals surface area contributed by atoms with E-state index in [1.165, 1.54) is 0 Å². The molecule has 0 saturated carbocycles. The Morgan fingerprint density at radius 3 is 2.75 bits per heavy atom. The molecule has 0 amide bonds. The molecule has 20 heavy (non-hydrogen) atoms. The summed E-state index contributed by atoms with van der Waals surface area (Å²) in [5.74, 6) is 0.717. The van der Waals surface area contributed by atoms with E-state index in [4.69, 9.17) is 17.3 Å². The minimum Gasteiger partial charge on any atom is -0.505 e. The molecule has 3 aromatic rings. The number of benzene rings is 2. The summed E-state index contributed by atoms with van der Waals surface area (Å²) in [4.78, 5) is 4.58. The number of nitrogen functional groups attached to an aromatic ring is 1. The molecule has 0 aliphatic rings. The largest absolute Gasteiger partial charge is 0.505 e. The highest BCUT2D eigenvalue weighted by Crippen LogP contribution is 2.36. The fraction of sp³-hybridized carbons (Fsp3) is 0.133. The fourth-order valence-electron chi connectivity index (χ4n) is 2.40. The number of rotatable bonds is 2. The summed E-state index contributed by atoms with van der Waals surface area (Å²) in [6.07, 6.45) is 0. The van der Waals surface area contributed by atoms with Gasteiger partial charge in [0.15, 0.2) is 0 Å². The summed E-state index contributed by atoms with van der Waals surface area (Å²) in [5.41, 5.74) is 8.38. The van der Waals surface area contributed by atoms with E-state index in [2.05, 4.69) is 4.98 Å². The maximum Gasteiger partial charge on any atom is 0.149 e. The first kappa shape index (κ1) is 12.8. The molecule has 4 nitrogen and oxygen atoms in total. The molecule has 3 N–H and O–H groups in total. The Morgan fingerprint density at radius 2 is 2.00 bits per heavy atom. The van der Waals surface area contributed by atoms with Crippen molar-refractivity contribution in [3.05, 3.63) is 41.4 Å². The highest BCUT2D eigenvalue weighted by molar-refractivity contribution is 6.35. The lowest BCUT2D eigenvalue weighted by Gasteiger charge is -2.09. The van der Waals surface area contributed by atoms with Gasteiger partial charge in [0.05, 0.1) is 27.3 Å². The normalized spacial score (nSPS) is 11.1. The van der Waals surface area contributed by atoms with Crippen LogP contribution in [0, 0.1) is 0 Å². The number of aromatic nitrogens is 2. The second kappa shape index (κ2) is 4.72.